The van der Waals surface area contributed by atoms with Crippen LogP contribution in [0.3, 0.4) is 0 Å². The van der Waals surface area contributed by atoms with Crippen LogP contribution in [0.4, 0.5) is 0 Å². The minimum absolute atomic E-state index is 0.0518. The Kier molecular flexibility index (Phi) is 3.38. The van der Waals surface area contributed by atoms with Crippen molar-refractivity contribution in [3.05, 3.63) is 29.5 Å². The average molecular weight is 276 g/mol. The topological polar surface area (TPSA) is 46.3 Å². The van der Waals surface area contributed by atoms with Gasteiger partial charge in [0.05, 0.1) is 12.5 Å². The SMILES string of the molecule is CN(CCC1CC1)C(=O)c1cnc(-c2ccco2)s1. The van der Waals surface area contributed by atoms with Gasteiger partial charge in [0.1, 0.15) is 4.88 Å². The lowest BCUT2D eigenvalue weighted by molar-refractivity contribution is 0.0796. The summed E-state index contributed by atoms with van der Waals surface area (Å²) in [4.78, 5) is 18.9. The van der Waals surface area contributed by atoms with Crippen molar-refractivity contribution in [1.82, 2.24) is 9.88 Å². The van der Waals surface area contributed by atoms with E-state index < -0.39 is 0 Å². The van der Waals surface area contributed by atoms with Crippen molar-refractivity contribution in [1.29, 1.82) is 0 Å². The van der Waals surface area contributed by atoms with Crippen molar-refractivity contribution in [2.24, 2.45) is 5.92 Å². The Morgan fingerprint density at radius 3 is 3.11 bits per heavy atom. The van der Waals surface area contributed by atoms with Crippen LogP contribution in [0.5, 0.6) is 0 Å². The van der Waals surface area contributed by atoms with Crippen LogP contribution >= 0.6 is 11.3 Å². The molecule has 1 aliphatic rings. The van der Waals surface area contributed by atoms with E-state index in [4.69, 9.17) is 4.42 Å². The molecular formula is C14H16N2O2S. The molecule has 0 radical (unpaired) electrons. The van der Waals surface area contributed by atoms with Crippen molar-refractivity contribution in [3.63, 3.8) is 0 Å². The van der Waals surface area contributed by atoms with E-state index in [-0.39, 0.29) is 5.91 Å². The van der Waals surface area contributed by atoms with E-state index in [1.54, 1.807) is 17.4 Å². The zero-order chi connectivity index (χ0) is 13.2. The number of rotatable bonds is 5. The fourth-order valence-corrected chi connectivity index (χ4v) is 2.84. The molecule has 0 N–H and O–H groups in total. The number of furan rings is 1. The number of hydrogen-bond acceptors (Lipinski definition) is 4. The molecule has 0 aromatic carbocycles. The predicted octanol–water partition coefficient (Wildman–Crippen LogP) is 3.28. The van der Waals surface area contributed by atoms with Gasteiger partial charge in [-0.15, -0.1) is 11.3 Å². The molecule has 2 heterocycles. The molecule has 4 nitrogen and oxygen atoms in total. The largest absolute Gasteiger partial charge is 0.462 e. The van der Waals surface area contributed by atoms with Crippen LogP contribution in [0.1, 0.15) is 28.9 Å². The molecule has 3 rings (SSSR count). The first-order valence-corrected chi connectivity index (χ1v) is 7.31. The Morgan fingerprint density at radius 2 is 2.42 bits per heavy atom. The minimum atomic E-state index is 0.0518. The Morgan fingerprint density at radius 1 is 1.58 bits per heavy atom. The second-order valence-electron chi connectivity index (χ2n) is 4.97. The molecule has 1 aliphatic carbocycles. The molecular weight excluding hydrogens is 260 g/mol. The first-order chi connectivity index (χ1) is 9.24. The molecule has 100 valence electrons. The number of hydrogen-bond donors (Lipinski definition) is 0. The highest BCUT2D eigenvalue weighted by Crippen LogP contribution is 2.32. The second-order valence-corrected chi connectivity index (χ2v) is 6.00. The number of amides is 1. The van der Waals surface area contributed by atoms with E-state index in [0.717, 1.165) is 23.9 Å². The Bertz CT molecular complexity index is 558. The minimum Gasteiger partial charge on any atom is -0.462 e. The summed E-state index contributed by atoms with van der Waals surface area (Å²) in [6, 6.07) is 3.67. The summed E-state index contributed by atoms with van der Waals surface area (Å²) < 4.78 is 5.28. The highest BCUT2D eigenvalue weighted by Gasteiger charge is 2.23. The molecule has 2 aromatic heterocycles. The van der Waals surface area contributed by atoms with E-state index >= 15 is 0 Å². The summed E-state index contributed by atoms with van der Waals surface area (Å²) in [6.07, 6.45) is 7.01. The number of thiazole rings is 1. The number of carbonyl (C=O) groups excluding carboxylic acids is 1. The molecule has 1 fully saturated rings. The monoisotopic (exact) mass is 276 g/mol. The maximum atomic E-state index is 12.2. The van der Waals surface area contributed by atoms with Crippen molar-refractivity contribution in [3.8, 4) is 10.8 Å². The molecule has 0 spiro atoms. The van der Waals surface area contributed by atoms with Crippen molar-refractivity contribution >= 4 is 17.2 Å². The van der Waals surface area contributed by atoms with Gasteiger partial charge in [0, 0.05) is 13.6 Å². The van der Waals surface area contributed by atoms with Gasteiger partial charge in [-0.05, 0) is 24.5 Å². The highest BCUT2D eigenvalue weighted by atomic mass is 32.1. The van der Waals surface area contributed by atoms with E-state index in [1.165, 1.54) is 24.2 Å². The van der Waals surface area contributed by atoms with Crippen LogP contribution in [0.25, 0.3) is 10.8 Å². The van der Waals surface area contributed by atoms with Gasteiger partial charge in [-0.1, -0.05) is 12.8 Å². The van der Waals surface area contributed by atoms with Crippen molar-refractivity contribution < 1.29 is 9.21 Å². The fourth-order valence-electron chi connectivity index (χ4n) is 1.96. The molecule has 19 heavy (non-hydrogen) atoms. The molecule has 0 aliphatic heterocycles. The molecule has 2 aromatic rings. The van der Waals surface area contributed by atoms with Gasteiger partial charge in [-0.2, -0.15) is 0 Å². The third-order valence-corrected chi connectivity index (χ3v) is 4.36. The van der Waals surface area contributed by atoms with Crippen LogP contribution in [0.15, 0.2) is 29.0 Å². The van der Waals surface area contributed by atoms with E-state index in [9.17, 15) is 4.79 Å². The van der Waals surface area contributed by atoms with Gasteiger partial charge >= 0.3 is 0 Å². The smallest absolute Gasteiger partial charge is 0.265 e. The van der Waals surface area contributed by atoms with Gasteiger partial charge in [0.25, 0.3) is 5.91 Å². The summed E-state index contributed by atoms with van der Waals surface area (Å²) in [7, 11) is 1.86. The lowest BCUT2D eigenvalue weighted by Crippen LogP contribution is -2.27. The van der Waals surface area contributed by atoms with Gasteiger partial charge in [0.2, 0.25) is 0 Å². The van der Waals surface area contributed by atoms with Crippen LogP contribution in [-0.4, -0.2) is 29.4 Å². The Balaban J connectivity index is 1.65. The fraction of sp³-hybridized carbons (Fsp3) is 0.429. The molecule has 0 atom stereocenters. The zero-order valence-electron chi connectivity index (χ0n) is 10.8. The highest BCUT2D eigenvalue weighted by molar-refractivity contribution is 7.16. The number of carbonyl (C=O) groups is 1. The van der Waals surface area contributed by atoms with Crippen LogP contribution in [0.2, 0.25) is 0 Å². The average Bonchev–Trinajstić information content (AvgIpc) is 2.93. The van der Waals surface area contributed by atoms with Crippen molar-refractivity contribution in [2.45, 2.75) is 19.3 Å². The summed E-state index contributed by atoms with van der Waals surface area (Å²) in [6.45, 7) is 0.831. The number of nitrogens with zero attached hydrogens (tertiary/aromatic N) is 2. The van der Waals surface area contributed by atoms with Gasteiger partial charge in [-0.3, -0.25) is 4.79 Å². The molecule has 1 saturated carbocycles. The summed E-state index contributed by atoms with van der Waals surface area (Å²) in [5.41, 5.74) is 0. The van der Waals surface area contributed by atoms with Crippen LogP contribution in [0, 0.1) is 5.92 Å². The summed E-state index contributed by atoms with van der Waals surface area (Å²) in [5, 5.41) is 0.754. The maximum absolute atomic E-state index is 12.2. The lowest BCUT2D eigenvalue weighted by atomic mass is 10.3. The molecule has 0 bridgehead atoms. The first kappa shape index (κ1) is 12.4. The van der Waals surface area contributed by atoms with E-state index in [2.05, 4.69) is 4.98 Å². The Labute approximate surface area is 116 Å². The van der Waals surface area contributed by atoms with Crippen LogP contribution < -0.4 is 0 Å². The van der Waals surface area contributed by atoms with E-state index in [1.807, 2.05) is 19.2 Å². The molecule has 0 unspecified atom stereocenters. The van der Waals surface area contributed by atoms with E-state index in [0.29, 0.717) is 10.6 Å². The Hall–Kier alpha value is -1.62. The quantitative estimate of drug-likeness (QED) is 0.842. The maximum Gasteiger partial charge on any atom is 0.265 e. The third kappa shape index (κ3) is 2.87. The van der Waals surface area contributed by atoms with Gasteiger partial charge in [0.15, 0.2) is 10.8 Å². The van der Waals surface area contributed by atoms with Crippen molar-refractivity contribution in [2.75, 3.05) is 13.6 Å². The summed E-state index contributed by atoms with van der Waals surface area (Å²) in [5.74, 6) is 1.61. The zero-order valence-corrected chi connectivity index (χ0v) is 11.7. The van der Waals surface area contributed by atoms with Crippen LogP contribution in [-0.2, 0) is 0 Å². The summed E-state index contributed by atoms with van der Waals surface area (Å²) >= 11 is 1.38. The second kappa shape index (κ2) is 5.17. The molecule has 0 saturated heterocycles. The lowest BCUT2D eigenvalue weighted by Gasteiger charge is -2.15. The predicted molar refractivity (Wildman–Crippen MR) is 74.1 cm³/mol. The standard InChI is InChI=1S/C14H16N2O2S/c1-16(7-6-10-4-5-10)14(17)12-9-15-13(19-12)11-3-2-8-18-11/h2-3,8-10H,4-7H2,1H3. The normalized spacial score (nSPS) is 14.6. The molecule has 5 heteroatoms. The van der Waals surface area contributed by atoms with Gasteiger partial charge in [-0.25, -0.2) is 4.98 Å². The number of aromatic nitrogens is 1. The third-order valence-electron chi connectivity index (χ3n) is 3.36. The first-order valence-electron chi connectivity index (χ1n) is 6.49. The van der Waals surface area contributed by atoms with Gasteiger partial charge < -0.3 is 9.32 Å². The molecule has 1 amide bonds.